The average molecular weight is 228 g/mol. The molecule has 0 amide bonds. The Hall–Kier alpha value is -0.0800. The first-order valence-corrected chi connectivity index (χ1v) is 6.97. The van der Waals surface area contributed by atoms with Crippen LogP contribution in [0.25, 0.3) is 0 Å². The summed E-state index contributed by atoms with van der Waals surface area (Å²) in [7, 11) is 0. The maximum atomic E-state index is 10.8. The summed E-state index contributed by atoms with van der Waals surface area (Å²) in [6.07, 6.45) is 9.62. The van der Waals surface area contributed by atoms with Crippen LogP contribution < -0.4 is 0 Å². The van der Waals surface area contributed by atoms with Gasteiger partial charge in [0.2, 0.25) is 0 Å². The van der Waals surface area contributed by atoms with Crippen molar-refractivity contribution in [1.29, 1.82) is 0 Å². The van der Waals surface area contributed by atoms with Gasteiger partial charge in [-0.25, -0.2) is 0 Å². The van der Waals surface area contributed by atoms with E-state index in [0.717, 1.165) is 38.5 Å². The summed E-state index contributed by atoms with van der Waals surface area (Å²) >= 11 is 0. The second-order valence-corrected chi connectivity index (χ2v) is 5.44. The van der Waals surface area contributed by atoms with Gasteiger partial charge in [-0.3, -0.25) is 0 Å². The summed E-state index contributed by atoms with van der Waals surface area (Å²) in [6.45, 7) is 4.23. The van der Waals surface area contributed by atoms with Crippen LogP contribution in [0.1, 0.15) is 71.6 Å². The maximum absolute atomic E-state index is 10.8. The van der Waals surface area contributed by atoms with E-state index in [-0.39, 0.29) is 12.0 Å². The third-order valence-electron chi connectivity index (χ3n) is 4.77. The van der Waals surface area contributed by atoms with Gasteiger partial charge < -0.3 is 10.2 Å². The molecule has 2 nitrogen and oxygen atoms in total. The van der Waals surface area contributed by atoms with E-state index in [2.05, 4.69) is 0 Å². The molecule has 16 heavy (non-hydrogen) atoms. The number of hydrogen-bond acceptors (Lipinski definition) is 2. The molecule has 0 aliphatic heterocycles. The maximum Gasteiger partial charge on any atom is 0.0720 e. The number of rotatable bonds is 4. The molecule has 0 unspecified atom stereocenters. The highest BCUT2D eigenvalue weighted by atomic mass is 16.3. The van der Waals surface area contributed by atoms with Gasteiger partial charge in [0.15, 0.2) is 0 Å². The zero-order chi connectivity index (χ0) is 12.1. The van der Waals surface area contributed by atoms with E-state index in [9.17, 15) is 10.2 Å². The Labute approximate surface area is 100 Å². The van der Waals surface area contributed by atoms with Crippen LogP contribution in [-0.2, 0) is 0 Å². The van der Waals surface area contributed by atoms with Gasteiger partial charge in [-0.05, 0) is 25.7 Å². The molecule has 1 rings (SSSR count). The van der Waals surface area contributed by atoms with Gasteiger partial charge in [0.1, 0.15) is 0 Å². The Kier molecular flexibility index (Phi) is 5.26. The minimum absolute atomic E-state index is 0.144. The molecule has 0 heterocycles. The van der Waals surface area contributed by atoms with E-state index in [1.54, 1.807) is 0 Å². The summed E-state index contributed by atoms with van der Waals surface area (Å²) in [6, 6.07) is 0. The van der Waals surface area contributed by atoms with Crippen LogP contribution in [0.15, 0.2) is 0 Å². The molecule has 0 bridgehead atoms. The van der Waals surface area contributed by atoms with E-state index in [1.165, 1.54) is 19.3 Å². The van der Waals surface area contributed by atoms with E-state index in [4.69, 9.17) is 0 Å². The first kappa shape index (κ1) is 14.0. The van der Waals surface area contributed by atoms with Crippen LogP contribution in [-0.4, -0.2) is 22.4 Å². The minimum Gasteiger partial charge on any atom is -0.396 e. The Balaban J connectivity index is 2.86. The zero-order valence-corrected chi connectivity index (χ0v) is 11.0. The third-order valence-corrected chi connectivity index (χ3v) is 4.77. The fourth-order valence-corrected chi connectivity index (χ4v) is 3.35. The second kappa shape index (κ2) is 6.02. The summed E-state index contributed by atoms with van der Waals surface area (Å²) in [5, 5.41) is 20.6. The molecular formula is C14H28O2. The van der Waals surface area contributed by atoms with Crippen molar-refractivity contribution in [1.82, 2.24) is 0 Å². The van der Waals surface area contributed by atoms with Crippen LogP contribution in [0.3, 0.4) is 0 Å². The topological polar surface area (TPSA) is 40.5 Å². The van der Waals surface area contributed by atoms with Crippen LogP contribution in [0.5, 0.6) is 0 Å². The molecule has 1 aliphatic rings. The first-order valence-electron chi connectivity index (χ1n) is 6.97. The molecule has 1 saturated carbocycles. The summed E-state index contributed by atoms with van der Waals surface area (Å²) < 4.78 is 0. The van der Waals surface area contributed by atoms with Crippen molar-refractivity contribution in [2.45, 2.75) is 77.2 Å². The van der Waals surface area contributed by atoms with Crippen LogP contribution >= 0.6 is 0 Å². The molecule has 0 spiro atoms. The molecule has 96 valence electrons. The second-order valence-electron chi connectivity index (χ2n) is 5.44. The van der Waals surface area contributed by atoms with Gasteiger partial charge in [-0.15, -0.1) is 0 Å². The quantitative estimate of drug-likeness (QED) is 0.775. The Morgan fingerprint density at radius 2 is 1.38 bits per heavy atom. The van der Waals surface area contributed by atoms with Gasteiger partial charge in [0.25, 0.3) is 0 Å². The van der Waals surface area contributed by atoms with Gasteiger partial charge in [-0.1, -0.05) is 46.0 Å². The monoisotopic (exact) mass is 228 g/mol. The fraction of sp³-hybridized carbons (Fsp3) is 1.00. The van der Waals surface area contributed by atoms with Crippen LogP contribution in [0, 0.1) is 5.41 Å². The van der Waals surface area contributed by atoms with Crippen molar-refractivity contribution in [3.05, 3.63) is 0 Å². The van der Waals surface area contributed by atoms with Crippen molar-refractivity contribution in [2.75, 3.05) is 6.61 Å². The molecule has 0 aromatic heterocycles. The van der Waals surface area contributed by atoms with E-state index < -0.39 is 5.60 Å². The van der Waals surface area contributed by atoms with Crippen molar-refractivity contribution in [2.24, 2.45) is 5.41 Å². The SMILES string of the molecule is CCC(O)(CC)C1(CO)CCCCCCC1. The Morgan fingerprint density at radius 1 is 0.938 bits per heavy atom. The lowest BCUT2D eigenvalue weighted by atomic mass is 9.63. The highest BCUT2D eigenvalue weighted by Crippen LogP contribution is 2.46. The lowest BCUT2D eigenvalue weighted by molar-refractivity contribution is -0.127. The van der Waals surface area contributed by atoms with Crippen molar-refractivity contribution in [3.63, 3.8) is 0 Å². The van der Waals surface area contributed by atoms with Gasteiger partial charge in [-0.2, -0.15) is 0 Å². The van der Waals surface area contributed by atoms with E-state index in [1.807, 2.05) is 13.8 Å². The number of aliphatic hydroxyl groups is 2. The first-order chi connectivity index (χ1) is 7.64. The van der Waals surface area contributed by atoms with Gasteiger partial charge in [0, 0.05) is 5.41 Å². The number of hydrogen-bond donors (Lipinski definition) is 2. The molecule has 1 aliphatic carbocycles. The Bertz CT molecular complexity index is 189. The summed E-state index contributed by atoms with van der Waals surface area (Å²) in [5.74, 6) is 0. The lowest BCUT2D eigenvalue weighted by Crippen LogP contribution is -2.50. The summed E-state index contributed by atoms with van der Waals surface area (Å²) in [4.78, 5) is 0. The van der Waals surface area contributed by atoms with E-state index >= 15 is 0 Å². The molecule has 0 radical (unpaired) electrons. The predicted molar refractivity (Wildman–Crippen MR) is 67.4 cm³/mol. The highest BCUT2D eigenvalue weighted by molar-refractivity contribution is 4.97. The number of aliphatic hydroxyl groups excluding tert-OH is 1. The lowest BCUT2D eigenvalue weighted by Gasteiger charge is -2.47. The molecule has 0 saturated heterocycles. The van der Waals surface area contributed by atoms with Crippen LogP contribution in [0.2, 0.25) is 0 Å². The molecule has 0 atom stereocenters. The van der Waals surface area contributed by atoms with Crippen molar-refractivity contribution < 1.29 is 10.2 Å². The molecule has 0 aromatic rings. The predicted octanol–water partition coefficient (Wildman–Crippen LogP) is 3.26. The Morgan fingerprint density at radius 3 is 1.75 bits per heavy atom. The minimum atomic E-state index is -0.668. The van der Waals surface area contributed by atoms with Crippen molar-refractivity contribution >= 4 is 0 Å². The highest BCUT2D eigenvalue weighted by Gasteiger charge is 2.46. The van der Waals surface area contributed by atoms with Crippen LogP contribution in [0.4, 0.5) is 0 Å². The molecule has 1 fully saturated rings. The largest absolute Gasteiger partial charge is 0.396 e. The average Bonchev–Trinajstić information content (AvgIpc) is 2.28. The fourth-order valence-electron chi connectivity index (χ4n) is 3.35. The molecule has 2 heteroatoms. The van der Waals surface area contributed by atoms with Crippen molar-refractivity contribution in [3.8, 4) is 0 Å². The third kappa shape index (κ3) is 2.60. The van der Waals surface area contributed by atoms with Gasteiger partial charge >= 0.3 is 0 Å². The standard InChI is InChI=1S/C14H28O2/c1-3-14(16,4-2)13(12-15)10-8-6-5-7-9-11-13/h15-16H,3-12H2,1-2H3. The van der Waals surface area contributed by atoms with Gasteiger partial charge in [0.05, 0.1) is 12.2 Å². The molecule has 2 N–H and O–H groups in total. The summed E-state index contributed by atoms with van der Waals surface area (Å²) in [5.41, 5.74) is -0.907. The zero-order valence-electron chi connectivity index (χ0n) is 11.0. The smallest absolute Gasteiger partial charge is 0.0720 e. The molecule has 0 aromatic carbocycles. The molecular weight excluding hydrogens is 200 g/mol. The van der Waals surface area contributed by atoms with E-state index in [0.29, 0.717) is 0 Å². The normalized spacial score (nSPS) is 22.5.